The van der Waals surface area contributed by atoms with Crippen LogP contribution < -0.4 is 10.1 Å². The molecule has 0 heterocycles. The smallest absolute Gasteiger partial charge is 0.416 e. The molecular weight excluding hydrogens is 391 g/mol. The van der Waals surface area contributed by atoms with E-state index in [9.17, 15) is 18.0 Å². The number of methoxy groups -OCH3 is 1. The van der Waals surface area contributed by atoms with E-state index < -0.39 is 11.7 Å². The summed E-state index contributed by atoms with van der Waals surface area (Å²) in [5.41, 5.74) is 1.58. The summed E-state index contributed by atoms with van der Waals surface area (Å²) in [4.78, 5) is 11.8. The Labute approximate surface area is 172 Å². The number of benzene rings is 3. The van der Waals surface area contributed by atoms with Gasteiger partial charge in [0.2, 0.25) is 5.91 Å². The summed E-state index contributed by atoms with van der Waals surface area (Å²) in [6.07, 6.45) is -3.17. The van der Waals surface area contributed by atoms with E-state index >= 15 is 0 Å². The van der Waals surface area contributed by atoms with E-state index in [-0.39, 0.29) is 17.9 Å². The molecule has 2 unspecified atom stereocenters. The molecule has 156 valence electrons. The molecule has 1 amide bonds. The minimum atomic E-state index is -4.39. The van der Waals surface area contributed by atoms with Gasteiger partial charge in [0.15, 0.2) is 0 Å². The van der Waals surface area contributed by atoms with Crippen molar-refractivity contribution in [1.29, 1.82) is 0 Å². The highest BCUT2D eigenvalue weighted by Crippen LogP contribution is 2.46. The highest BCUT2D eigenvalue weighted by molar-refractivity contribution is 5.92. The molecule has 3 nitrogen and oxygen atoms in total. The van der Waals surface area contributed by atoms with Crippen LogP contribution in [-0.4, -0.2) is 19.1 Å². The lowest BCUT2D eigenvalue weighted by molar-refractivity contribution is -0.137. The van der Waals surface area contributed by atoms with Crippen molar-refractivity contribution >= 4 is 16.7 Å². The predicted molar refractivity (Wildman–Crippen MR) is 111 cm³/mol. The van der Waals surface area contributed by atoms with Gasteiger partial charge in [-0.2, -0.15) is 13.2 Å². The van der Waals surface area contributed by atoms with Crippen LogP contribution in [0.5, 0.6) is 5.75 Å². The van der Waals surface area contributed by atoms with E-state index in [1.165, 1.54) is 12.1 Å². The van der Waals surface area contributed by atoms with Crippen LogP contribution in [0.15, 0.2) is 54.6 Å². The fourth-order valence-corrected chi connectivity index (χ4v) is 3.85. The summed E-state index contributed by atoms with van der Waals surface area (Å²) in [5.74, 6) is 0.838. The van der Waals surface area contributed by atoms with Crippen molar-refractivity contribution in [1.82, 2.24) is 5.32 Å². The molecule has 4 rings (SSSR count). The summed E-state index contributed by atoms with van der Waals surface area (Å²) < 4.78 is 44.9. The van der Waals surface area contributed by atoms with Crippen LogP contribution in [0.25, 0.3) is 21.9 Å². The first-order chi connectivity index (χ1) is 14.3. The first-order valence-corrected chi connectivity index (χ1v) is 9.89. The molecule has 0 aliphatic heterocycles. The fraction of sp³-hybridized carbons (Fsp3) is 0.292. The maximum atomic E-state index is 13.2. The van der Waals surface area contributed by atoms with Gasteiger partial charge < -0.3 is 10.1 Å². The van der Waals surface area contributed by atoms with Crippen LogP contribution in [0.1, 0.15) is 36.8 Å². The number of rotatable bonds is 5. The molecule has 1 N–H and O–H groups in total. The van der Waals surface area contributed by atoms with E-state index in [2.05, 4.69) is 5.32 Å². The zero-order chi connectivity index (χ0) is 21.5. The van der Waals surface area contributed by atoms with Gasteiger partial charge in [-0.05, 0) is 64.2 Å². The number of carbonyl (C=O) groups excluding carboxylic acids is 1. The minimum Gasteiger partial charge on any atom is -0.497 e. The normalized spacial score (nSPS) is 18.3. The van der Waals surface area contributed by atoms with Crippen molar-refractivity contribution in [2.75, 3.05) is 7.11 Å². The van der Waals surface area contributed by atoms with Crippen LogP contribution in [0.4, 0.5) is 13.2 Å². The lowest BCUT2D eigenvalue weighted by Crippen LogP contribution is -2.25. The van der Waals surface area contributed by atoms with Crippen molar-refractivity contribution in [2.24, 2.45) is 0 Å². The van der Waals surface area contributed by atoms with Crippen molar-refractivity contribution in [3.05, 3.63) is 65.7 Å². The van der Waals surface area contributed by atoms with E-state index in [0.717, 1.165) is 34.4 Å². The monoisotopic (exact) mass is 413 g/mol. The van der Waals surface area contributed by atoms with Crippen LogP contribution in [-0.2, 0) is 11.0 Å². The van der Waals surface area contributed by atoms with Crippen LogP contribution in [0.2, 0.25) is 0 Å². The van der Waals surface area contributed by atoms with Gasteiger partial charge in [-0.25, -0.2) is 0 Å². The number of nitrogens with one attached hydrogen (secondary N) is 1. The zero-order valence-electron chi connectivity index (χ0n) is 16.7. The number of alkyl halides is 3. The average Bonchev–Trinajstić information content (AvgIpc) is 3.50. The van der Waals surface area contributed by atoms with E-state index in [4.69, 9.17) is 4.74 Å². The minimum absolute atomic E-state index is 0.00146. The SMILES string of the molecule is CCC(=O)NC1CC1c1cc(-c2cccc(C(F)(F)F)c2)cc2ccc(OC)cc12. The average molecular weight is 413 g/mol. The Kier molecular flexibility index (Phi) is 5.18. The standard InChI is InChI=1S/C24H22F3NO2/c1-3-23(29)28-22-13-21(22)20-11-16(9-15-7-8-18(30-2)12-19(15)20)14-5-4-6-17(10-14)24(25,26)27/h4-12,21-22H,3,13H2,1-2H3,(H,28,29). The second-order valence-electron chi connectivity index (χ2n) is 7.60. The largest absolute Gasteiger partial charge is 0.497 e. The molecule has 1 fully saturated rings. The first-order valence-electron chi connectivity index (χ1n) is 9.89. The Morgan fingerprint density at radius 3 is 2.60 bits per heavy atom. The van der Waals surface area contributed by atoms with Crippen LogP contribution in [0.3, 0.4) is 0 Å². The highest BCUT2D eigenvalue weighted by Gasteiger charge is 2.40. The van der Waals surface area contributed by atoms with Gasteiger partial charge in [-0.15, -0.1) is 0 Å². The lowest BCUT2D eigenvalue weighted by atomic mass is 9.93. The molecule has 0 spiro atoms. The molecule has 3 aromatic carbocycles. The number of hydrogen-bond donors (Lipinski definition) is 1. The predicted octanol–water partition coefficient (Wildman–Crippen LogP) is 5.92. The molecule has 2 atom stereocenters. The molecule has 3 aromatic rings. The number of fused-ring (bicyclic) bond motifs is 1. The van der Waals surface area contributed by atoms with Gasteiger partial charge in [0.05, 0.1) is 12.7 Å². The van der Waals surface area contributed by atoms with Crippen LogP contribution >= 0.6 is 0 Å². The third-order valence-corrected chi connectivity index (χ3v) is 5.57. The maximum absolute atomic E-state index is 13.2. The molecule has 1 aliphatic carbocycles. The second kappa shape index (κ2) is 7.67. The Morgan fingerprint density at radius 2 is 1.90 bits per heavy atom. The Hall–Kier alpha value is -3.02. The van der Waals surface area contributed by atoms with Gasteiger partial charge >= 0.3 is 6.18 Å². The van der Waals surface area contributed by atoms with E-state index in [1.54, 1.807) is 20.1 Å². The fourth-order valence-electron chi connectivity index (χ4n) is 3.85. The molecule has 6 heteroatoms. The number of ether oxygens (including phenoxy) is 1. The Morgan fingerprint density at radius 1 is 1.10 bits per heavy atom. The van der Waals surface area contributed by atoms with Crippen LogP contribution in [0, 0.1) is 0 Å². The number of halogens is 3. The van der Waals surface area contributed by atoms with E-state index in [0.29, 0.717) is 17.7 Å². The molecular formula is C24H22F3NO2. The summed E-state index contributed by atoms with van der Waals surface area (Å²) >= 11 is 0. The number of amides is 1. The van der Waals surface area contributed by atoms with Gasteiger partial charge in [0, 0.05) is 18.4 Å². The van der Waals surface area contributed by atoms with Crippen molar-refractivity contribution in [3.63, 3.8) is 0 Å². The number of carbonyl (C=O) groups is 1. The summed E-state index contributed by atoms with van der Waals surface area (Å²) in [5, 5.41) is 4.93. The Bertz CT molecular complexity index is 1110. The molecule has 30 heavy (non-hydrogen) atoms. The van der Waals surface area contributed by atoms with Crippen molar-refractivity contribution in [3.8, 4) is 16.9 Å². The summed E-state index contributed by atoms with van der Waals surface area (Å²) in [7, 11) is 1.60. The summed E-state index contributed by atoms with van der Waals surface area (Å²) in [6, 6.07) is 15.0. The molecule has 0 saturated heterocycles. The van der Waals surface area contributed by atoms with Gasteiger partial charge in [-0.1, -0.05) is 31.2 Å². The molecule has 1 saturated carbocycles. The van der Waals surface area contributed by atoms with Crippen molar-refractivity contribution < 1.29 is 22.7 Å². The van der Waals surface area contributed by atoms with Gasteiger partial charge in [-0.3, -0.25) is 4.79 Å². The second-order valence-corrected chi connectivity index (χ2v) is 7.60. The van der Waals surface area contributed by atoms with Crippen molar-refractivity contribution in [2.45, 2.75) is 37.9 Å². The van der Waals surface area contributed by atoms with E-state index in [1.807, 2.05) is 30.3 Å². The Balaban J connectivity index is 1.80. The first kappa shape index (κ1) is 20.3. The molecule has 0 radical (unpaired) electrons. The van der Waals surface area contributed by atoms with Gasteiger partial charge in [0.25, 0.3) is 0 Å². The quantitative estimate of drug-likeness (QED) is 0.564. The number of hydrogen-bond acceptors (Lipinski definition) is 2. The highest BCUT2D eigenvalue weighted by atomic mass is 19.4. The molecule has 1 aliphatic rings. The zero-order valence-corrected chi connectivity index (χ0v) is 16.7. The third-order valence-electron chi connectivity index (χ3n) is 5.57. The molecule has 0 aromatic heterocycles. The maximum Gasteiger partial charge on any atom is 0.416 e. The lowest BCUT2D eigenvalue weighted by Gasteiger charge is -2.14. The topological polar surface area (TPSA) is 38.3 Å². The third kappa shape index (κ3) is 3.99. The molecule has 0 bridgehead atoms. The van der Waals surface area contributed by atoms with Gasteiger partial charge in [0.1, 0.15) is 5.75 Å². The summed E-state index contributed by atoms with van der Waals surface area (Å²) in [6.45, 7) is 1.81.